The molecule has 0 spiro atoms. The molecule has 0 aliphatic carbocycles. The fourth-order valence-electron chi connectivity index (χ4n) is 3.36. The third-order valence-corrected chi connectivity index (χ3v) is 4.82. The molecule has 0 saturated carbocycles. The van der Waals surface area contributed by atoms with Crippen molar-refractivity contribution in [2.24, 2.45) is 0 Å². The van der Waals surface area contributed by atoms with Gasteiger partial charge in [0.05, 0.1) is 0 Å². The Balaban J connectivity index is 0.000000204. The fraction of sp³-hybridized carbons (Fsp3) is 0.538. The van der Waals surface area contributed by atoms with E-state index in [1.807, 2.05) is 26.0 Å². The van der Waals surface area contributed by atoms with Gasteiger partial charge >= 0.3 is 0 Å². The van der Waals surface area contributed by atoms with Crippen molar-refractivity contribution < 1.29 is 23.3 Å². The number of ether oxygens (including phenoxy) is 4. The molecular formula is C26H37FO4. The van der Waals surface area contributed by atoms with Crippen LogP contribution in [-0.4, -0.2) is 26.4 Å². The Morgan fingerprint density at radius 3 is 1.68 bits per heavy atom. The Morgan fingerprint density at radius 1 is 0.613 bits per heavy atom. The van der Waals surface area contributed by atoms with Crippen molar-refractivity contribution in [2.45, 2.75) is 66.2 Å². The molecule has 0 N–H and O–H groups in total. The van der Waals surface area contributed by atoms with Crippen molar-refractivity contribution in [3.05, 3.63) is 47.3 Å². The number of hydrogen-bond acceptors (Lipinski definition) is 4. The highest BCUT2D eigenvalue weighted by atomic mass is 19.1. The SMILES string of the molecule is CC.CC(C)(C)c1ccc(F)c2c1OCCO2.CC(C)(C)c1cccc2c1OCCO2. The standard InChI is InChI=1S/C12H15FO2.C12H16O2.C2H6/c1-12(2,3)8-4-5-9(13)11-10(8)14-6-7-15-11;1-12(2,3)9-5-4-6-10-11(9)14-8-7-13-10;1-2/h4-5H,6-7H2,1-3H3;4-6H,7-8H2,1-3H3;1-2H3. The van der Waals surface area contributed by atoms with Gasteiger partial charge in [-0.3, -0.25) is 0 Å². The van der Waals surface area contributed by atoms with Crippen LogP contribution in [0.4, 0.5) is 4.39 Å². The largest absolute Gasteiger partial charge is 0.486 e. The Labute approximate surface area is 186 Å². The highest BCUT2D eigenvalue weighted by molar-refractivity contribution is 5.51. The molecule has 4 nitrogen and oxygen atoms in total. The first-order valence-electron chi connectivity index (χ1n) is 11.1. The summed E-state index contributed by atoms with van der Waals surface area (Å²) >= 11 is 0. The minimum Gasteiger partial charge on any atom is -0.486 e. The molecule has 2 aliphatic rings. The van der Waals surface area contributed by atoms with Crippen LogP contribution in [0.3, 0.4) is 0 Å². The van der Waals surface area contributed by atoms with Crippen molar-refractivity contribution in [1.82, 2.24) is 0 Å². The van der Waals surface area contributed by atoms with E-state index < -0.39 is 0 Å². The van der Waals surface area contributed by atoms with Crippen LogP contribution in [0.2, 0.25) is 0 Å². The average molecular weight is 433 g/mol. The minimum absolute atomic E-state index is 0.0709. The maximum absolute atomic E-state index is 13.4. The van der Waals surface area contributed by atoms with Gasteiger partial charge in [-0.2, -0.15) is 0 Å². The third kappa shape index (κ3) is 6.05. The van der Waals surface area contributed by atoms with Gasteiger partial charge in [0.1, 0.15) is 26.4 Å². The quantitative estimate of drug-likeness (QED) is 0.465. The summed E-state index contributed by atoms with van der Waals surface area (Å²) in [5, 5.41) is 0. The number of para-hydroxylation sites is 1. The maximum Gasteiger partial charge on any atom is 0.197 e. The van der Waals surface area contributed by atoms with E-state index >= 15 is 0 Å². The summed E-state index contributed by atoms with van der Waals surface area (Å²) in [6, 6.07) is 9.29. The van der Waals surface area contributed by atoms with Gasteiger partial charge in [0.25, 0.3) is 0 Å². The molecule has 2 aliphatic heterocycles. The Morgan fingerprint density at radius 2 is 1.10 bits per heavy atom. The second-order valence-corrected chi connectivity index (χ2v) is 9.28. The van der Waals surface area contributed by atoms with Crippen molar-refractivity contribution >= 4 is 0 Å². The molecule has 4 rings (SSSR count). The predicted molar refractivity (Wildman–Crippen MR) is 124 cm³/mol. The number of rotatable bonds is 0. The summed E-state index contributed by atoms with van der Waals surface area (Å²) in [6.07, 6.45) is 0. The normalized spacial score (nSPS) is 14.5. The molecule has 31 heavy (non-hydrogen) atoms. The summed E-state index contributed by atoms with van der Waals surface area (Å²) < 4.78 is 35.4. The van der Waals surface area contributed by atoms with Gasteiger partial charge in [-0.25, -0.2) is 4.39 Å². The van der Waals surface area contributed by atoms with Crippen molar-refractivity contribution in [3.63, 3.8) is 0 Å². The second kappa shape index (κ2) is 10.3. The first-order valence-corrected chi connectivity index (χ1v) is 11.1. The third-order valence-electron chi connectivity index (χ3n) is 4.82. The van der Waals surface area contributed by atoms with Crippen LogP contribution in [-0.2, 0) is 10.8 Å². The molecule has 0 saturated heterocycles. The molecule has 0 unspecified atom stereocenters. The van der Waals surface area contributed by atoms with E-state index in [1.54, 1.807) is 6.07 Å². The molecular weight excluding hydrogens is 395 g/mol. The number of benzene rings is 2. The zero-order valence-electron chi connectivity index (χ0n) is 20.2. The smallest absolute Gasteiger partial charge is 0.197 e. The van der Waals surface area contributed by atoms with Crippen LogP contribution in [0.15, 0.2) is 30.3 Å². The summed E-state index contributed by atoms with van der Waals surface area (Å²) in [5.41, 5.74) is 2.23. The van der Waals surface area contributed by atoms with E-state index in [2.05, 4.69) is 47.6 Å². The van der Waals surface area contributed by atoms with Crippen LogP contribution in [0.5, 0.6) is 23.0 Å². The molecule has 0 bridgehead atoms. The lowest BCUT2D eigenvalue weighted by Gasteiger charge is -2.27. The lowest BCUT2D eigenvalue weighted by atomic mass is 9.86. The van der Waals surface area contributed by atoms with Gasteiger partial charge in [0.15, 0.2) is 28.8 Å². The van der Waals surface area contributed by atoms with Gasteiger partial charge in [-0.1, -0.05) is 73.6 Å². The zero-order chi connectivity index (χ0) is 23.2. The van der Waals surface area contributed by atoms with Crippen LogP contribution in [0.25, 0.3) is 0 Å². The topological polar surface area (TPSA) is 36.9 Å². The average Bonchev–Trinajstić information content (AvgIpc) is 2.74. The summed E-state index contributed by atoms with van der Waals surface area (Å²) in [6.45, 7) is 19.0. The molecule has 0 radical (unpaired) electrons. The highest BCUT2D eigenvalue weighted by Crippen LogP contribution is 2.42. The molecule has 2 heterocycles. The fourth-order valence-corrected chi connectivity index (χ4v) is 3.36. The summed E-state index contributed by atoms with van der Waals surface area (Å²) in [4.78, 5) is 0. The molecule has 0 atom stereocenters. The van der Waals surface area contributed by atoms with E-state index in [1.165, 1.54) is 11.6 Å². The van der Waals surface area contributed by atoms with Crippen molar-refractivity contribution in [1.29, 1.82) is 0 Å². The van der Waals surface area contributed by atoms with E-state index in [0.29, 0.717) is 32.2 Å². The Bertz CT molecular complexity index is 863. The van der Waals surface area contributed by atoms with E-state index in [9.17, 15) is 4.39 Å². The number of halogens is 1. The van der Waals surface area contributed by atoms with Crippen LogP contribution < -0.4 is 18.9 Å². The van der Waals surface area contributed by atoms with Crippen molar-refractivity contribution in [2.75, 3.05) is 26.4 Å². The molecule has 2 aromatic carbocycles. The molecule has 2 aromatic rings. The molecule has 0 fully saturated rings. The van der Waals surface area contributed by atoms with Gasteiger partial charge < -0.3 is 18.9 Å². The van der Waals surface area contributed by atoms with Gasteiger partial charge in [-0.05, 0) is 23.0 Å². The lowest BCUT2D eigenvalue weighted by molar-refractivity contribution is 0.161. The number of fused-ring (bicyclic) bond motifs is 2. The zero-order valence-corrected chi connectivity index (χ0v) is 20.2. The Hall–Kier alpha value is -2.43. The van der Waals surface area contributed by atoms with Crippen LogP contribution in [0, 0.1) is 5.82 Å². The maximum atomic E-state index is 13.4. The Kier molecular flexibility index (Phi) is 8.21. The lowest BCUT2D eigenvalue weighted by Crippen LogP contribution is -2.21. The first kappa shape index (κ1) is 24.8. The minimum atomic E-state index is -0.349. The summed E-state index contributed by atoms with van der Waals surface area (Å²) in [5.74, 6) is 2.27. The van der Waals surface area contributed by atoms with Crippen LogP contribution >= 0.6 is 0 Å². The van der Waals surface area contributed by atoms with Gasteiger partial charge in [0, 0.05) is 11.1 Å². The number of hydrogen-bond donors (Lipinski definition) is 0. The van der Waals surface area contributed by atoms with Gasteiger partial charge in [0.2, 0.25) is 0 Å². The van der Waals surface area contributed by atoms with E-state index in [-0.39, 0.29) is 22.4 Å². The van der Waals surface area contributed by atoms with E-state index in [4.69, 9.17) is 18.9 Å². The predicted octanol–water partition coefficient (Wildman–Crippen LogP) is 6.68. The summed E-state index contributed by atoms with van der Waals surface area (Å²) in [7, 11) is 0. The highest BCUT2D eigenvalue weighted by Gasteiger charge is 2.27. The molecule has 5 heteroatoms. The van der Waals surface area contributed by atoms with Crippen molar-refractivity contribution in [3.8, 4) is 23.0 Å². The van der Waals surface area contributed by atoms with Crippen LogP contribution in [0.1, 0.15) is 66.5 Å². The van der Waals surface area contributed by atoms with Gasteiger partial charge in [-0.15, -0.1) is 0 Å². The van der Waals surface area contributed by atoms with E-state index in [0.717, 1.165) is 17.1 Å². The molecule has 172 valence electrons. The second-order valence-electron chi connectivity index (χ2n) is 9.28. The first-order chi connectivity index (χ1) is 14.6. The molecule has 0 aromatic heterocycles. The molecule has 0 amide bonds. The monoisotopic (exact) mass is 432 g/mol.